The van der Waals surface area contributed by atoms with Gasteiger partial charge in [-0.3, -0.25) is 4.98 Å². The molecule has 0 aliphatic carbocycles. The smallest absolute Gasteiger partial charge is 0.188 e. The lowest BCUT2D eigenvalue weighted by Crippen LogP contribution is -1.99. The molecule has 2 aromatic rings. The Labute approximate surface area is 89.5 Å². The lowest BCUT2D eigenvalue weighted by Gasteiger charge is -2.09. The first kappa shape index (κ1) is 10.1. The molecule has 3 heteroatoms. The molecule has 0 N–H and O–H groups in total. The van der Waals surface area contributed by atoms with Gasteiger partial charge in [-0.05, 0) is 17.9 Å². The summed E-state index contributed by atoms with van der Waals surface area (Å²) in [5.74, 6) is 0.793. The fraction of sp³-hybridized carbons (Fsp3) is 0.500. The third kappa shape index (κ3) is 1.74. The second-order valence-corrected chi connectivity index (χ2v) is 4.49. The molecule has 80 valence electrons. The van der Waals surface area contributed by atoms with Crippen LogP contribution in [0.15, 0.2) is 16.8 Å². The van der Waals surface area contributed by atoms with Crippen molar-refractivity contribution in [2.45, 2.75) is 39.5 Å². The Kier molecular flexibility index (Phi) is 2.47. The molecule has 0 saturated heterocycles. The summed E-state index contributed by atoms with van der Waals surface area (Å²) in [6.45, 7) is 8.53. The number of aromatic nitrogens is 2. The Bertz CT molecular complexity index is 471. The molecule has 2 heterocycles. The van der Waals surface area contributed by atoms with Crippen LogP contribution in [0.4, 0.5) is 0 Å². The third-order valence-electron chi connectivity index (χ3n) is 2.52. The van der Waals surface area contributed by atoms with E-state index in [2.05, 4.69) is 43.9 Å². The molecule has 2 aromatic heterocycles. The average molecular weight is 204 g/mol. The second-order valence-electron chi connectivity index (χ2n) is 4.49. The lowest BCUT2D eigenvalue weighted by atomic mass is 10.0. The molecule has 0 saturated carbocycles. The fourth-order valence-corrected chi connectivity index (χ4v) is 1.61. The maximum absolute atomic E-state index is 5.23. The molecule has 0 amide bonds. The number of rotatable bonds is 2. The van der Waals surface area contributed by atoms with E-state index in [-0.39, 0.29) is 0 Å². The summed E-state index contributed by atoms with van der Waals surface area (Å²) in [6, 6.07) is 2.06. The van der Waals surface area contributed by atoms with Crippen LogP contribution in [0.3, 0.4) is 0 Å². The lowest BCUT2D eigenvalue weighted by molar-refractivity contribution is 0.451. The van der Waals surface area contributed by atoms with Crippen LogP contribution in [0.5, 0.6) is 0 Å². The summed E-state index contributed by atoms with van der Waals surface area (Å²) in [7, 11) is 0. The molecule has 0 atom stereocenters. The Morgan fingerprint density at radius 2 is 1.87 bits per heavy atom. The first-order valence-corrected chi connectivity index (χ1v) is 5.34. The van der Waals surface area contributed by atoms with Crippen LogP contribution in [-0.4, -0.2) is 10.1 Å². The van der Waals surface area contributed by atoms with Crippen molar-refractivity contribution in [3.63, 3.8) is 0 Å². The van der Waals surface area contributed by atoms with Crippen LogP contribution in [0.2, 0.25) is 0 Å². The SMILES string of the molecule is CC(C)c1cc2cnoc2c(C(C)C)n1. The molecule has 3 nitrogen and oxygen atoms in total. The van der Waals surface area contributed by atoms with Gasteiger partial charge in [-0.15, -0.1) is 0 Å². The van der Waals surface area contributed by atoms with Crippen LogP contribution >= 0.6 is 0 Å². The highest BCUT2D eigenvalue weighted by Gasteiger charge is 2.14. The average Bonchev–Trinajstić information content (AvgIpc) is 2.62. The molecule has 2 rings (SSSR count). The molecule has 0 radical (unpaired) electrons. The zero-order valence-electron chi connectivity index (χ0n) is 9.61. The molecule has 0 spiro atoms. The van der Waals surface area contributed by atoms with Gasteiger partial charge in [0.25, 0.3) is 0 Å². The molecule has 0 aliphatic heterocycles. The van der Waals surface area contributed by atoms with Gasteiger partial charge in [0.05, 0.1) is 11.9 Å². The fourth-order valence-electron chi connectivity index (χ4n) is 1.61. The molecule has 0 fully saturated rings. The summed E-state index contributed by atoms with van der Waals surface area (Å²) in [5, 5.41) is 4.88. The van der Waals surface area contributed by atoms with E-state index in [0.29, 0.717) is 11.8 Å². The molecular formula is C12H16N2O. The number of fused-ring (bicyclic) bond motifs is 1. The van der Waals surface area contributed by atoms with Crippen molar-refractivity contribution in [1.82, 2.24) is 10.1 Å². The van der Waals surface area contributed by atoms with E-state index in [4.69, 9.17) is 4.52 Å². The summed E-state index contributed by atoms with van der Waals surface area (Å²) >= 11 is 0. The predicted molar refractivity (Wildman–Crippen MR) is 60.0 cm³/mol. The van der Waals surface area contributed by atoms with E-state index < -0.39 is 0 Å². The second kappa shape index (κ2) is 3.65. The Hall–Kier alpha value is -1.38. The highest BCUT2D eigenvalue weighted by molar-refractivity contribution is 5.78. The summed E-state index contributed by atoms with van der Waals surface area (Å²) in [5.41, 5.74) is 2.94. The van der Waals surface area contributed by atoms with Crippen molar-refractivity contribution in [1.29, 1.82) is 0 Å². The third-order valence-corrected chi connectivity index (χ3v) is 2.52. The summed E-state index contributed by atoms with van der Waals surface area (Å²) in [6.07, 6.45) is 1.76. The van der Waals surface area contributed by atoms with E-state index in [1.165, 1.54) is 0 Å². The largest absolute Gasteiger partial charge is 0.354 e. The highest BCUT2D eigenvalue weighted by Crippen LogP contribution is 2.26. The van der Waals surface area contributed by atoms with Crippen LogP contribution in [-0.2, 0) is 0 Å². The minimum atomic E-state index is 0.360. The molecular weight excluding hydrogens is 188 g/mol. The van der Waals surface area contributed by atoms with Gasteiger partial charge in [-0.2, -0.15) is 0 Å². The van der Waals surface area contributed by atoms with E-state index >= 15 is 0 Å². The van der Waals surface area contributed by atoms with Crippen molar-refractivity contribution < 1.29 is 4.52 Å². The van der Waals surface area contributed by atoms with Crippen molar-refractivity contribution >= 4 is 11.0 Å². The van der Waals surface area contributed by atoms with Gasteiger partial charge >= 0.3 is 0 Å². The van der Waals surface area contributed by atoms with E-state index in [9.17, 15) is 0 Å². The van der Waals surface area contributed by atoms with Gasteiger partial charge in [-0.1, -0.05) is 32.9 Å². The van der Waals surface area contributed by atoms with Crippen molar-refractivity contribution in [2.24, 2.45) is 0 Å². The van der Waals surface area contributed by atoms with Gasteiger partial charge in [0.2, 0.25) is 0 Å². The number of pyridine rings is 1. The Balaban J connectivity index is 2.69. The van der Waals surface area contributed by atoms with E-state index in [1.807, 2.05) is 0 Å². The number of hydrogen-bond acceptors (Lipinski definition) is 3. The van der Waals surface area contributed by atoms with Gasteiger partial charge < -0.3 is 4.52 Å². The maximum atomic E-state index is 5.23. The van der Waals surface area contributed by atoms with Gasteiger partial charge in [0.15, 0.2) is 5.58 Å². The van der Waals surface area contributed by atoms with Crippen LogP contribution in [0.25, 0.3) is 11.0 Å². The Morgan fingerprint density at radius 1 is 1.13 bits per heavy atom. The first-order valence-electron chi connectivity index (χ1n) is 5.34. The minimum Gasteiger partial charge on any atom is -0.354 e. The zero-order valence-corrected chi connectivity index (χ0v) is 9.61. The molecule has 0 aromatic carbocycles. The van der Waals surface area contributed by atoms with Gasteiger partial charge in [-0.25, -0.2) is 0 Å². The zero-order chi connectivity index (χ0) is 11.0. The summed E-state index contributed by atoms with van der Waals surface area (Å²) < 4.78 is 5.23. The summed E-state index contributed by atoms with van der Waals surface area (Å²) in [4.78, 5) is 4.64. The first-order chi connectivity index (χ1) is 7.09. The molecule has 0 unspecified atom stereocenters. The van der Waals surface area contributed by atoms with Gasteiger partial charge in [0, 0.05) is 11.1 Å². The standard InChI is InChI=1S/C12H16N2O/c1-7(2)10-5-9-6-13-15-12(9)11(14-10)8(3)4/h5-8H,1-4H3. The predicted octanol–water partition coefficient (Wildman–Crippen LogP) is 3.47. The molecule has 15 heavy (non-hydrogen) atoms. The quantitative estimate of drug-likeness (QED) is 0.751. The number of hydrogen-bond donors (Lipinski definition) is 0. The monoisotopic (exact) mass is 204 g/mol. The van der Waals surface area contributed by atoms with E-state index in [1.54, 1.807) is 6.20 Å². The maximum Gasteiger partial charge on any atom is 0.188 e. The highest BCUT2D eigenvalue weighted by atomic mass is 16.5. The molecule has 0 aliphatic rings. The minimum absolute atomic E-state index is 0.360. The Morgan fingerprint density at radius 3 is 2.47 bits per heavy atom. The number of nitrogens with zero attached hydrogens (tertiary/aromatic N) is 2. The molecule has 0 bridgehead atoms. The van der Waals surface area contributed by atoms with E-state index in [0.717, 1.165) is 22.4 Å². The van der Waals surface area contributed by atoms with Gasteiger partial charge in [0.1, 0.15) is 0 Å². The normalized spacial score (nSPS) is 11.9. The van der Waals surface area contributed by atoms with Crippen LogP contribution in [0, 0.1) is 0 Å². The van der Waals surface area contributed by atoms with Crippen LogP contribution in [0.1, 0.15) is 50.9 Å². The van der Waals surface area contributed by atoms with Crippen LogP contribution < -0.4 is 0 Å². The van der Waals surface area contributed by atoms with Crippen molar-refractivity contribution in [3.8, 4) is 0 Å². The van der Waals surface area contributed by atoms with Crippen molar-refractivity contribution in [2.75, 3.05) is 0 Å². The topological polar surface area (TPSA) is 38.9 Å². The van der Waals surface area contributed by atoms with Crippen molar-refractivity contribution in [3.05, 3.63) is 23.7 Å².